The molecule has 3 unspecified atom stereocenters. The van der Waals surface area contributed by atoms with E-state index >= 15 is 0 Å². The molecule has 2 aliphatic rings. The molecule has 20 heavy (non-hydrogen) atoms. The van der Waals surface area contributed by atoms with Crippen molar-refractivity contribution in [2.24, 2.45) is 5.73 Å². The van der Waals surface area contributed by atoms with Crippen molar-refractivity contribution in [3.05, 3.63) is 33.8 Å². The molecule has 1 aromatic carbocycles. The molecule has 1 aliphatic carbocycles. The first-order valence-electron chi connectivity index (χ1n) is 6.59. The number of nitrogens with zero attached hydrogens (tertiary/aromatic N) is 1. The molecule has 1 fully saturated rings. The number of carbonyl (C=O) groups is 2. The number of halogens is 1. The van der Waals surface area contributed by atoms with Gasteiger partial charge in [-0.15, -0.1) is 0 Å². The van der Waals surface area contributed by atoms with E-state index in [2.05, 4.69) is 15.9 Å². The molecule has 0 bridgehead atoms. The van der Waals surface area contributed by atoms with Gasteiger partial charge in [0.05, 0.1) is 23.3 Å². The van der Waals surface area contributed by atoms with E-state index in [-0.39, 0.29) is 30.0 Å². The van der Waals surface area contributed by atoms with E-state index < -0.39 is 0 Å². The van der Waals surface area contributed by atoms with Gasteiger partial charge in [-0.1, -0.05) is 15.9 Å². The van der Waals surface area contributed by atoms with Crippen LogP contribution in [0.2, 0.25) is 0 Å². The van der Waals surface area contributed by atoms with Crippen molar-refractivity contribution in [1.82, 2.24) is 4.90 Å². The molecule has 5 nitrogen and oxygen atoms in total. The number of fused-ring (bicyclic) bond motifs is 1. The first-order valence-corrected chi connectivity index (χ1v) is 7.38. The quantitative estimate of drug-likeness (QED) is 0.848. The Morgan fingerprint density at radius 3 is 2.70 bits per heavy atom. The summed E-state index contributed by atoms with van der Waals surface area (Å²) in [6.45, 7) is 2.43. The van der Waals surface area contributed by atoms with Crippen LogP contribution in [0.3, 0.4) is 0 Å². The molecular formula is C14H15BrN2O3. The fourth-order valence-electron chi connectivity index (χ4n) is 2.87. The smallest absolute Gasteiger partial charge is 0.261 e. The Balaban J connectivity index is 1.93. The summed E-state index contributed by atoms with van der Waals surface area (Å²) in [6.07, 6.45) is 0.524. The fraction of sp³-hybridized carbons (Fsp3) is 0.429. The Bertz CT molecular complexity index is 588. The maximum Gasteiger partial charge on any atom is 0.261 e. The highest BCUT2D eigenvalue weighted by atomic mass is 79.9. The Morgan fingerprint density at radius 1 is 1.35 bits per heavy atom. The standard InChI is InChI=1S/C14H15BrN2O3/c1-2-20-11-6-10(16)12(11)17-13(18)8-4-3-7(15)5-9(8)14(17)19/h3-5,10-12H,2,6,16H2,1H3. The number of imide groups is 1. The van der Waals surface area contributed by atoms with Crippen LogP contribution in [0.4, 0.5) is 0 Å². The van der Waals surface area contributed by atoms with Crippen LogP contribution in [0.15, 0.2) is 22.7 Å². The minimum atomic E-state index is -0.360. The number of benzene rings is 1. The summed E-state index contributed by atoms with van der Waals surface area (Å²) in [5.74, 6) is -0.557. The van der Waals surface area contributed by atoms with Gasteiger partial charge in [-0.2, -0.15) is 0 Å². The molecule has 0 spiro atoms. The molecule has 3 rings (SSSR count). The molecule has 2 N–H and O–H groups in total. The van der Waals surface area contributed by atoms with E-state index in [9.17, 15) is 9.59 Å². The van der Waals surface area contributed by atoms with E-state index in [0.717, 1.165) is 4.47 Å². The lowest BCUT2D eigenvalue weighted by Gasteiger charge is -2.45. The van der Waals surface area contributed by atoms with Gasteiger partial charge >= 0.3 is 0 Å². The number of carbonyl (C=O) groups excluding carboxylic acids is 2. The van der Waals surface area contributed by atoms with Crippen LogP contribution in [0.5, 0.6) is 0 Å². The van der Waals surface area contributed by atoms with Gasteiger partial charge in [0.15, 0.2) is 0 Å². The minimum absolute atomic E-state index is 0.152. The van der Waals surface area contributed by atoms with E-state index in [1.165, 1.54) is 4.90 Å². The Labute approximate surface area is 125 Å². The molecule has 6 heteroatoms. The van der Waals surface area contributed by atoms with E-state index in [4.69, 9.17) is 10.5 Å². The van der Waals surface area contributed by atoms with Gasteiger partial charge in [-0.05, 0) is 31.5 Å². The number of amides is 2. The van der Waals surface area contributed by atoms with Crippen LogP contribution in [0.25, 0.3) is 0 Å². The fourth-order valence-corrected chi connectivity index (χ4v) is 3.23. The maximum absolute atomic E-state index is 12.5. The van der Waals surface area contributed by atoms with Crippen molar-refractivity contribution in [2.75, 3.05) is 6.61 Å². The van der Waals surface area contributed by atoms with Crippen molar-refractivity contribution in [3.63, 3.8) is 0 Å². The topological polar surface area (TPSA) is 72.6 Å². The number of rotatable bonds is 3. The van der Waals surface area contributed by atoms with Gasteiger partial charge in [0.2, 0.25) is 0 Å². The Kier molecular flexibility index (Phi) is 3.40. The van der Waals surface area contributed by atoms with Crippen molar-refractivity contribution >= 4 is 27.7 Å². The average molecular weight is 339 g/mol. The Morgan fingerprint density at radius 2 is 2.05 bits per heavy atom. The monoisotopic (exact) mass is 338 g/mol. The molecule has 0 saturated heterocycles. The lowest BCUT2D eigenvalue weighted by molar-refractivity contribution is -0.0611. The molecule has 1 aliphatic heterocycles. The van der Waals surface area contributed by atoms with Crippen LogP contribution in [0, 0.1) is 0 Å². The second-order valence-electron chi connectivity index (χ2n) is 5.05. The van der Waals surface area contributed by atoms with Crippen molar-refractivity contribution in [2.45, 2.75) is 31.5 Å². The largest absolute Gasteiger partial charge is 0.376 e. The second kappa shape index (κ2) is 4.95. The average Bonchev–Trinajstić information content (AvgIpc) is 2.63. The summed E-state index contributed by atoms with van der Waals surface area (Å²) in [5, 5.41) is 0. The van der Waals surface area contributed by atoms with Crippen LogP contribution < -0.4 is 5.73 Å². The third-order valence-corrected chi connectivity index (χ3v) is 4.38. The molecule has 1 heterocycles. The van der Waals surface area contributed by atoms with Crippen molar-refractivity contribution < 1.29 is 14.3 Å². The third kappa shape index (κ3) is 1.90. The number of hydrogen-bond acceptors (Lipinski definition) is 4. The van der Waals surface area contributed by atoms with Gasteiger partial charge < -0.3 is 10.5 Å². The van der Waals surface area contributed by atoms with Gasteiger partial charge in [0, 0.05) is 17.1 Å². The van der Waals surface area contributed by atoms with E-state index in [0.29, 0.717) is 24.2 Å². The highest BCUT2D eigenvalue weighted by Gasteiger charge is 2.51. The summed E-state index contributed by atoms with van der Waals surface area (Å²) >= 11 is 3.32. The van der Waals surface area contributed by atoms with Crippen LogP contribution >= 0.6 is 15.9 Å². The lowest BCUT2D eigenvalue weighted by atomic mass is 9.82. The Hall–Kier alpha value is -1.24. The maximum atomic E-state index is 12.5. The SMILES string of the molecule is CCOC1CC(N)C1N1C(=O)c2ccc(Br)cc2C1=O. The summed E-state index contributed by atoms with van der Waals surface area (Å²) in [5.41, 5.74) is 6.84. The predicted octanol–water partition coefficient (Wildman–Crippen LogP) is 1.55. The van der Waals surface area contributed by atoms with Crippen molar-refractivity contribution in [1.29, 1.82) is 0 Å². The highest BCUT2D eigenvalue weighted by molar-refractivity contribution is 9.10. The molecule has 106 valence electrons. The molecule has 0 radical (unpaired) electrons. The molecular weight excluding hydrogens is 324 g/mol. The summed E-state index contributed by atoms with van der Waals surface area (Å²) in [4.78, 5) is 26.2. The zero-order chi connectivity index (χ0) is 14.4. The lowest BCUT2D eigenvalue weighted by Crippen LogP contribution is -2.66. The summed E-state index contributed by atoms with van der Waals surface area (Å²) < 4.78 is 6.33. The number of ether oxygens (including phenoxy) is 1. The van der Waals surface area contributed by atoms with Crippen LogP contribution in [-0.2, 0) is 4.74 Å². The number of hydrogen-bond donors (Lipinski definition) is 1. The van der Waals surface area contributed by atoms with Gasteiger partial charge in [0.25, 0.3) is 11.8 Å². The van der Waals surface area contributed by atoms with Crippen LogP contribution in [0.1, 0.15) is 34.1 Å². The van der Waals surface area contributed by atoms with Crippen LogP contribution in [-0.4, -0.2) is 41.5 Å². The third-order valence-electron chi connectivity index (χ3n) is 3.88. The predicted molar refractivity (Wildman–Crippen MR) is 76.4 cm³/mol. The van der Waals surface area contributed by atoms with E-state index in [1.807, 2.05) is 6.92 Å². The first-order chi connectivity index (χ1) is 9.54. The van der Waals surface area contributed by atoms with Gasteiger partial charge in [0.1, 0.15) is 0 Å². The second-order valence-corrected chi connectivity index (χ2v) is 5.97. The van der Waals surface area contributed by atoms with E-state index in [1.54, 1.807) is 18.2 Å². The van der Waals surface area contributed by atoms with Crippen molar-refractivity contribution in [3.8, 4) is 0 Å². The minimum Gasteiger partial charge on any atom is -0.376 e. The normalized spacial score (nSPS) is 28.6. The molecule has 2 amide bonds. The van der Waals surface area contributed by atoms with Gasteiger partial charge in [-0.3, -0.25) is 14.5 Å². The number of nitrogens with two attached hydrogens (primary N) is 1. The first kappa shape index (κ1) is 13.7. The molecule has 0 aromatic heterocycles. The molecule has 1 saturated carbocycles. The zero-order valence-electron chi connectivity index (χ0n) is 11.0. The van der Waals surface area contributed by atoms with Gasteiger partial charge in [-0.25, -0.2) is 0 Å². The molecule has 1 aromatic rings. The molecule has 3 atom stereocenters. The summed E-state index contributed by atoms with van der Waals surface area (Å²) in [6, 6.07) is 4.53. The zero-order valence-corrected chi connectivity index (χ0v) is 12.6. The highest BCUT2D eigenvalue weighted by Crippen LogP contribution is 2.35. The summed E-state index contributed by atoms with van der Waals surface area (Å²) in [7, 11) is 0.